The molecule has 0 bridgehead atoms. The Morgan fingerprint density at radius 3 is 2.46 bits per heavy atom. The monoisotopic (exact) mass is 359 g/mol. The summed E-state index contributed by atoms with van der Waals surface area (Å²) in [7, 11) is 0. The number of piperazine rings is 1. The maximum absolute atomic E-state index is 12.5. The average Bonchev–Trinajstić information content (AvgIpc) is 3.22. The highest BCUT2D eigenvalue weighted by atomic mass is 16.5. The molecule has 0 aliphatic carbocycles. The van der Waals surface area contributed by atoms with Gasteiger partial charge < -0.3 is 15.0 Å². The van der Waals surface area contributed by atoms with Crippen LogP contribution in [0.3, 0.4) is 0 Å². The second kappa shape index (κ2) is 8.64. The summed E-state index contributed by atoms with van der Waals surface area (Å²) in [5, 5.41) is 2.99. The van der Waals surface area contributed by atoms with Crippen LogP contribution in [0.25, 0.3) is 0 Å². The fraction of sp³-hybridized carbons (Fsp3) is 0.600. The molecule has 2 amide bonds. The van der Waals surface area contributed by atoms with Gasteiger partial charge >= 0.3 is 0 Å². The Morgan fingerprint density at radius 2 is 1.88 bits per heavy atom. The van der Waals surface area contributed by atoms with E-state index in [1.54, 1.807) is 0 Å². The quantitative estimate of drug-likeness (QED) is 0.872. The lowest BCUT2D eigenvalue weighted by Crippen LogP contribution is -2.55. The van der Waals surface area contributed by atoms with E-state index < -0.39 is 0 Å². The van der Waals surface area contributed by atoms with Crippen LogP contribution in [0.1, 0.15) is 32.3 Å². The Balaban J connectivity index is 1.48. The van der Waals surface area contributed by atoms with E-state index in [1.165, 1.54) is 5.56 Å². The number of carbonyl (C=O) groups is 2. The molecular weight excluding hydrogens is 330 g/mol. The first-order chi connectivity index (χ1) is 12.6. The first-order valence-electron chi connectivity index (χ1n) is 9.62. The van der Waals surface area contributed by atoms with Gasteiger partial charge in [-0.15, -0.1) is 0 Å². The molecule has 2 saturated heterocycles. The van der Waals surface area contributed by atoms with Crippen LogP contribution in [0, 0.1) is 0 Å². The first-order valence-corrected chi connectivity index (χ1v) is 9.62. The molecule has 2 fully saturated rings. The molecule has 6 nitrogen and oxygen atoms in total. The van der Waals surface area contributed by atoms with Crippen LogP contribution in [-0.4, -0.2) is 66.5 Å². The molecule has 1 N–H and O–H groups in total. The highest BCUT2D eigenvalue weighted by Gasteiger charge is 2.32. The molecule has 1 aromatic rings. The maximum Gasteiger partial charge on any atom is 0.251 e. The number of hydrogen-bond acceptors (Lipinski definition) is 4. The van der Waals surface area contributed by atoms with Gasteiger partial charge in [0.05, 0.1) is 6.04 Å². The molecule has 0 radical (unpaired) electrons. The molecule has 2 aliphatic heterocycles. The number of anilines is 1. The lowest BCUT2D eigenvalue weighted by molar-refractivity contribution is -0.143. The minimum Gasteiger partial charge on any atom is -0.368 e. The third kappa shape index (κ3) is 4.43. The highest BCUT2D eigenvalue weighted by Crippen LogP contribution is 2.17. The Labute approximate surface area is 155 Å². The number of rotatable bonds is 5. The van der Waals surface area contributed by atoms with Gasteiger partial charge in [-0.3, -0.25) is 14.5 Å². The van der Waals surface area contributed by atoms with Gasteiger partial charge in [0.25, 0.3) is 5.91 Å². The SMILES string of the molecule is CCc1ccc(NC(=O)[C@@H](C)N2CCN(C(=O)[C@H]3CCCO3)CC2)cc1. The van der Waals surface area contributed by atoms with Crippen LogP contribution in [0.15, 0.2) is 24.3 Å². The van der Waals surface area contributed by atoms with E-state index in [1.807, 2.05) is 36.1 Å². The number of amides is 2. The number of aryl methyl sites for hydroxylation is 1. The summed E-state index contributed by atoms with van der Waals surface area (Å²) < 4.78 is 5.49. The zero-order chi connectivity index (χ0) is 18.5. The predicted molar refractivity (Wildman–Crippen MR) is 101 cm³/mol. The van der Waals surface area contributed by atoms with Crippen molar-refractivity contribution in [1.29, 1.82) is 0 Å². The summed E-state index contributed by atoms with van der Waals surface area (Å²) in [5.74, 6) is 0.100. The number of nitrogens with zero attached hydrogens (tertiary/aromatic N) is 2. The van der Waals surface area contributed by atoms with Crippen molar-refractivity contribution < 1.29 is 14.3 Å². The average molecular weight is 359 g/mol. The van der Waals surface area contributed by atoms with E-state index in [0.717, 1.165) is 24.9 Å². The second-order valence-electron chi connectivity index (χ2n) is 7.08. The molecule has 2 atom stereocenters. The Hall–Kier alpha value is -1.92. The largest absolute Gasteiger partial charge is 0.368 e. The van der Waals surface area contributed by atoms with Crippen molar-refractivity contribution in [3.63, 3.8) is 0 Å². The number of carbonyl (C=O) groups excluding carboxylic acids is 2. The summed E-state index contributed by atoms with van der Waals surface area (Å²) in [4.78, 5) is 29.0. The molecule has 0 unspecified atom stereocenters. The summed E-state index contributed by atoms with van der Waals surface area (Å²) >= 11 is 0. The number of nitrogens with one attached hydrogen (secondary N) is 1. The smallest absolute Gasteiger partial charge is 0.251 e. The van der Waals surface area contributed by atoms with Crippen LogP contribution < -0.4 is 5.32 Å². The lowest BCUT2D eigenvalue weighted by atomic mass is 10.1. The molecule has 0 saturated carbocycles. The van der Waals surface area contributed by atoms with Gasteiger partial charge in [-0.2, -0.15) is 0 Å². The molecule has 0 aromatic heterocycles. The van der Waals surface area contributed by atoms with E-state index in [4.69, 9.17) is 4.74 Å². The van der Waals surface area contributed by atoms with Crippen LogP contribution >= 0.6 is 0 Å². The molecular formula is C20H29N3O3. The molecule has 6 heteroatoms. The standard InChI is InChI=1S/C20H29N3O3/c1-3-16-6-8-17(9-7-16)21-19(24)15(2)22-10-12-23(13-11-22)20(25)18-5-4-14-26-18/h6-9,15,18H,3-5,10-14H2,1-2H3,(H,21,24)/t15-,18-/m1/s1. The van der Waals surface area contributed by atoms with E-state index in [0.29, 0.717) is 32.8 Å². The topological polar surface area (TPSA) is 61.9 Å². The predicted octanol–water partition coefficient (Wildman–Crippen LogP) is 1.90. The van der Waals surface area contributed by atoms with Gasteiger partial charge in [-0.25, -0.2) is 0 Å². The van der Waals surface area contributed by atoms with E-state index in [-0.39, 0.29) is 24.0 Å². The Morgan fingerprint density at radius 1 is 1.19 bits per heavy atom. The van der Waals surface area contributed by atoms with Crippen LogP contribution in [0.2, 0.25) is 0 Å². The zero-order valence-electron chi connectivity index (χ0n) is 15.7. The van der Waals surface area contributed by atoms with Gasteiger partial charge in [0.2, 0.25) is 5.91 Å². The van der Waals surface area contributed by atoms with Gasteiger partial charge in [0.1, 0.15) is 6.10 Å². The zero-order valence-corrected chi connectivity index (χ0v) is 15.7. The van der Waals surface area contributed by atoms with Crippen molar-refractivity contribution in [1.82, 2.24) is 9.80 Å². The highest BCUT2D eigenvalue weighted by molar-refractivity contribution is 5.94. The van der Waals surface area contributed by atoms with E-state index in [9.17, 15) is 9.59 Å². The third-order valence-electron chi connectivity index (χ3n) is 5.39. The Kier molecular flexibility index (Phi) is 6.27. The molecule has 1 aromatic carbocycles. The van der Waals surface area contributed by atoms with Crippen molar-refractivity contribution in [2.75, 3.05) is 38.1 Å². The van der Waals surface area contributed by atoms with E-state index >= 15 is 0 Å². The summed E-state index contributed by atoms with van der Waals surface area (Å²) in [5.41, 5.74) is 2.08. The summed E-state index contributed by atoms with van der Waals surface area (Å²) in [6.45, 7) is 7.45. The minimum atomic E-state index is -0.256. The van der Waals surface area contributed by atoms with Gasteiger partial charge in [-0.05, 0) is 43.9 Å². The maximum atomic E-state index is 12.5. The molecule has 2 aliphatic rings. The second-order valence-corrected chi connectivity index (χ2v) is 7.08. The van der Waals surface area contributed by atoms with Crippen LogP contribution in [0.5, 0.6) is 0 Å². The molecule has 3 rings (SSSR count). The van der Waals surface area contributed by atoms with Crippen molar-refractivity contribution >= 4 is 17.5 Å². The van der Waals surface area contributed by atoms with Crippen molar-refractivity contribution in [3.8, 4) is 0 Å². The Bertz CT molecular complexity index is 618. The van der Waals surface area contributed by atoms with Crippen LogP contribution in [0.4, 0.5) is 5.69 Å². The fourth-order valence-electron chi connectivity index (χ4n) is 3.54. The first kappa shape index (κ1) is 18.9. The number of benzene rings is 1. The van der Waals surface area contributed by atoms with E-state index in [2.05, 4.69) is 17.1 Å². The number of hydrogen-bond donors (Lipinski definition) is 1. The third-order valence-corrected chi connectivity index (χ3v) is 5.39. The fourth-order valence-corrected chi connectivity index (χ4v) is 3.54. The van der Waals surface area contributed by atoms with Crippen molar-refractivity contribution in [2.45, 2.75) is 45.3 Å². The van der Waals surface area contributed by atoms with Crippen molar-refractivity contribution in [3.05, 3.63) is 29.8 Å². The van der Waals surface area contributed by atoms with Gasteiger partial charge in [0, 0.05) is 38.5 Å². The molecule has 142 valence electrons. The number of ether oxygens (including phenoxy) is 1. The molecule has 0 spiro atoms. The lowest BCUT2D eigenvalue weighted by Gasteiger charge is -2.38. The normalized spacial score (nSPS) is 22.2. The molecule has 26 heavy (non-hydrogen) atoms. The van der Waals surface area contributed by atoms with Crippen LogP contribution in [-0.2, 0) is 20.7 Å². The van der Waals surface area contributed by atoms with Gasteiger partial charge in [0.15, 0.2) is 0 Å². The summed E-state index contributed by atoms with van der Waals surface area (Å²) in [6.07, 6.45) is 2.52. The van der Waals surface area contributed by atoms with Gasteiger partial charge in [-0.1, -0.05) is 19.1 Å². The molecule has 2 heterocycles. The van der Waals surface area contributed by atoms with Crippen molar-refractivity contribution in [2.24, 2.45) is 0 Å². The minimum absolute atomic E-state index is 0.00634. The summed E-state index contributed by atoms with van der Waals surface area (Å²) in [6, 6.07) is 7.75.